The summed E-state index contributed by atoms with van der Waals surface area (Å²) in [6.07, 6.45) is 2.47. The monoisotopic (exact) mass is 593 g/mol. The molecule has 0 bridgehead atoms. The fourth-order valence-corrected chi connectivity index (χ4v) is 4.70. The lowest BCUT2D eigenvalue weighted by Crippen LogP contribution is -2.39. The molecule has 0 saturated heterocycles. The molecule has 0 atom stereocenters. The number of anilines is 1. The lowest BCUT2D eigenvalue weighted by molar-refractivity contribution is -0.119. The third-order valence-corrected chi connectivity index (χ3v) is 6.94. The number of rotatable bonds is 10. The maximum Gasteiger partial charge on any atom is 0.260 e. The first-order chi connectivity index (χ1) is 17.1. The summed E-state index contributed by atoms with van der Waals surface area (Å²) >= 11 is 9.40. The third-order valence-electron chi connectivity index (χ3n) is 4.96. The first-order valence-corrected chi connectivity index (χ1v) is 13.7. The van der Waals surface area contributed by atoms with E-state index >= 15 is 0 Å². The quantitative estimate of drug-likeness (QED) is 0.266. The molecule has 0 aliphatic rings. The number of hydrogen-bond acceptors (Lipinski definition) is 6. The maximum atomic E-state index is 12.4. The molecule has 0 unspecified atom stereocenters. The minimum Gasteiger partial charge on any atom is -0.493 e. The van der Waals surface area contributed by atoms with Gasteiger partial charge in [0, 0.05) is 5.02 Å². The van der Waals surface area contributed by atoms with E-state index in [1.165, 1.54) is 13.3 Å². The molecule has 1 N–H and O–H groups in total. The highest BCUT2D eigenvalue weighted by molar-refractivity contribution is 9.10. The number of carbonyl (C=O) groups is 1. The number of hydrogen-bond donors (Lipinski definition) is 1. The Hall–Kier alpha value is -3.08. The summed E-state index contributed by atoms with van der Waals surface area (Å²) in [4.78, 5) is 12.4. The van der Waals surface area contributed by atoms with Crippen LogP contribution >= 0.6 is 27.5 Å². The Morgan fingerprint density at radius 1 is 1.14 bits per heavy atom. The fourth-order valence-electron chi connectivity index (χ4n) is 3.15. The largest absolute Gasteiger partial charge is 0.493 e. The Kier molecular flexibility index (Phi) is 9.36. The van der Waals surface area contributed by atoms with Crippen molar-refractivity contribution in [3.8, 4) is 11.5 Å². The average molecular weight is 595 g/mol. The van der Waals surface area contributed by atoms with Crippen molar-refractivity contribution in [2.45, 2.75) is 13.5 Å². The van der Waals surface area contributed by atoms with Gasteiger partial charge in [-0.05, 0) is 70.4 Å². The number of sulfonamides is 1. The number of aryl methyl sites for hydroxylation is 1. The molecule has 0 aromatic heterocycles. The lowest BCUT2D eigenvalue weighted by atomic mass is 10.2. The Bertz CT molecular complexity index is 1350. The van der Waals surface area contributed by atoms with Gasteiger partial charge in [-0.3, -0.25) is 9.10 Å². The zero-order valence-electron chi connectivity index (χ0n) is 19.9. The second kappa shape index (κ2) is 12.2. The van der Waals surface area contributed by atoms with Crippen LogP contribution in [0, 0.1) is 6.92 Å². The molecule has 0 heterocycles. The number of nitrogens with zero attached hydrogens (tertiary/aromatic N) is 2. The van der Waals surface area contributed by atoms with Crippen molar-refractivity contribution in [1.29, 1.82) is 0 Å². The van der Waals surface area contributed by atoms with E-state index in [1.54, 1.807) is 48.5 Å². The number of hydrazone groups is 1. The molecule has 3 aromatic carbocycles. The summed E-state index contributed by atoms with van der Waals surface area (Å²) in [6.45, 7) is 1.79. The van der Waals surface area contributed by atoms with Gasteiger partial charge in [-0.2, -0.15) is 5.10 Å². The molecular weight excluding hydrogens is 570 g/mol. The highest BCUT2D eigenvalue weighted by Gasteiger charge is 2.20. The summed E-state index contributed by atoms with van der Waals surface area (Å²) in [7, 11) is -2.15. The van der Waals surface area contributed by atoms with Crippen LogP contribution in [0.3, 0.4) is 0 Å². The van der Waals surface area contributed by atoms with Crippen LogP contribution in [0.25, 0.3) is 0 Å². The Morgan fingerprint density at radius 2 is 1.81 bits per heavy atom. The van der Waals surface area contributed by atoms with E-state index in [1.807, 2.05) is 19.1 Å². The SMILES string of the molecule is COc1cc(/C=N\NC(=O)CN(c2ccc(C)cc2)S(C)(=O)=O)cc(Br)c1OCc1ccc(Cl)cc1. The first kappa shape index (κ1) is 27.5. The van der Waals surface area contributed by atoms with Crippen LogP contribution in [0.4, 0.5) is 5.69 Å². The number of halogens is 2. The molecule has 11 heteroatoms. The summed E-state index contributed by atoms with van der Waals surface area (Å²) in [5, 5.41) is 4.60. The van der Waals surface area contributed by atoms with Crippen molar-refractivity contribution in [3.05, 3.63) is 86.8 Å². The molecule has 36 heavy (non-hydrogen) atoms. The normalized spacial score (nSPS) is 11.4. The predicted octanol–water partition coefficient (Wildman–Crippen LogP) is 4.91. The lowest BCUT2D eigenvalue weighted by Gasteiger charge is -2.21. The number of benzene rings is 3. The van der Waals surface area contributed by atoms with Crippen molar-refractivity contribution in [2.24, 2.45) is 5.10 Å². The van der Waals surface area contributed by atoms with Crippen LogP contribution in [-0.2, 0) is 21.4 Å². The van der Waals surface area contributed by atoms with Crippen molar-refractivity contribution in [3.63, 3.8) is 0 Å². The van der Waals surface area contributed by atoms with Gasteiger partial charge in [-0.25, -0.2) is 13.8 Å². The fraction of sp³-hybridized carbons (Fsp3) is 0.200. The standard InChI is InChI=1S/C25H25BrClN3O5S/c1-17-4-10-21(11-5-17)30(36(3,32)33)15-24(31)29-28-14-19-12-22(26)25(23(13-19)34-2)35-16-18-6-8-20(27)9-7-18/h4-14H,15-16H2,1-3H3,(H,29,31)/b28-14-. The van der Waals surface area contributed by atoms with Gasteiger partial charge < -0.3 is 9.47 Å². The van der Waals surface area contributed by atoms with Gasteiger partial charge in [0.25, 0.3) is 5.91 Å². The van der Waals surface area contributed by atoms with E-state index in [0.717, 1.165) is 21.7 Å². The van der Waals surface area contributed by atoms with Gasteiger partial charge in [-0.15, -0.1) is 0 Å². The molecule has 3 rings (SSSR count). The van der Waals surface area contributed by atoms with Crippen molar-refractivity contribution >= 4 is 55.4 Å². The van der Waals surface area contributed by atoms with Crippen molar-refractivity contribution in [1.82, 2.24) is 5.43 Å². The molecule has 0 aliphatic carbocycles. The molecule has 8 nitrogen and oxygen atoms in total. The number of amides is 1. The van der Waals surface area contributed by atoms with Gasteiger partial charge in [0.2, 0.25) is 10.0 Å². The van der Waals surface area contributed by atoms with Crippen LogP contribution in [0.5, 0.6) is 11.5 Å². The highest BCUT2D eigenvalue weighted by atomic mass is 79.9. The molecule has 0 spiro atoms. The smallest absolute Gasteiger partial charge is 0.260 e. The molecular formula is C25H25BrClN3O5S. The van der Waals surface area contributed by atoms with Crippen molar-refractivity contribution in [2.75, 3.05) is 24.2 Å². The molecule has 0 fully saturated rings. The summed E-state index contributed by atoms with van der Waals surface area (Å²) < 4.78 is 37.4. The topological polar surface area (TPSA) is 97.3 Å². The Balaban J connectivity index is 1.67. The summed E-state index contributed by atoms with van der Waals surface area (Å²) in [6, 6.07) is 17.6. The van der Waals surface area contributed by atoms with Crippen LogP contribution < -0.4 is 19.2 Å². The predicted molar refractivity (Wildman–Crippen MR) is 146 cm³/mol. The number of methoxy groups -OCH3 is 1. The molecule has 0 aliphatic heterocycles. The second-order valence-electron chi connectivity index (χ2n) is 7.85. The van der Waals surface area contributed by atoms with Crippen LogP contribution in [0.2, 0.25) is 5.02 Å². The number of nitrogens with one attached hydrogen (secondary N) is 1. The van der Waals surface area contributed by atoms with Gasteiger partial charge in [0.05, 0.1) is 29.7 Å². The van der Waals surface area contributed by atoms with Gasteiger partial charge in [0.15, 0.2) is 11.5 Å². The van der Waals surface area contributed by atoms with Crippen molar-refractivity contribution < 1.29 is 22.7 Å². The highest BCUT2D eigenvalue weighted by Crippen LogP contribution is 2.37. The van der Waals surface area contributed by atoms with E-state index in [2.05, 4.69) is 26.5 Å². The first-order valence-electron chi connectivity index (χ1n) is 10.7. The third kappa shape index (κ3) is 7.71. The molecule has 1 amide bonds. The van der Waals surface area contributed by atoms with E-state index in [9.17, 15) is 13.2 Å². The summed E-state index contributed by atoms with van der Waals surface area (Å²) in [5.41, 5.74) is 5.30. The molecule has 0 saturated carbocycles. The van der Waals surface area contributed by atoms with Crippen LogP contribution in [0.15, 0.2) is 70.2 Å². The zero-order valence-corrected chi connectivity index (χ0v) is 23.0. The van der Waals surface area contributed by atoms with E-state index in [-0.39, 0.29) is 0 Å². The van der Waals surface area contributed by atoms with E-state index in [0.29, 0.717) is 38.9 Å². The number of carbonyl (C=O) groups excluding carboxylic acids is 1. The Labute approximate surface area is 224 Å². The van der Waals surface area contributed by atoms with Gasteiger partial charge in [-0.1, -0.05) is 41.4 Å². The van der Waals surface area contributed by atoms with E-state index in [4.69, 9.17) is 21.1 Å². The molecule has 3 aromatic rings. The van der Waals surface area contributed by atoms with Gasteiger partial charge >= 0.3 is 0 Å². The van der Waals surface area contributed by atoms with Crippen LogP contribution in [-0.4, -0.2) is 40.4 Å². The van der Waals surface area contributed by atoms with E-state index < -0.39 is 22.5 Å². The Morgan fingerprint density at radius 3 is 2.42 bits per heavy atom. The van der Waals surface area contributed by atoms with Gasteiger partial charge in [0.1, 0.15) is 13.2 Å². The maximum absolute atomic E-state index is 12.4. The van der Waals surface area contributed by atoms with Crippen LogP contribution in [0.1, 0.15) is 16.7 Å². The molecule has 190 valence electrons. The molecule has 0 radical (unpaired) electrons. The number of ether oxygens (including phenoxy) is 2. The minimum absolute atomic E-state index is 0.313. The average Bonchev–Trinajstić information content (AvgIpc) is 2.82. The second-order valence-corrected chi connectivity index (χ2v) is 11.0. The zero-order chi connectivity index (χ0) is 26.3. The minimum atomic E-state index is -3.67. The summed E-state index contributed by atoms with van der Waals surface area (Å²) in [5.74, 6) is 0.385.